The summed E-state index contributed by atoms with van der Waals surface area (Å²) in [6.07, 6.45) is 1.05. The highest BCUT2D eigenvalue weighted by Crippen LogP contribution is 2.27. The van der Waals surface area contributed by atoms with Gasteiger partial charge in [-0.15, -0.1) is 0 Å². The number of rotatable bonds is 3. The number of nitrogens with zero attached hydrogens (tertiary/aromatic N) is 2. The maximum Gasteiger partial charge on any atom is 0.284 e. The Balaban J connectivity index is 2.13. The molecule has 0 bridgehead atoms. The first-order chi connectivity index (χ1) is 9.90. The van der Waals surface area contributed by atoms with Crippen LogP contribution < -0.4 is 5.73 Å². The molecular formula is C13H14BrN3O4. The fourth-order valence-electron chi connectivity index (χ4n) is 2.34. The van der Waals surface area contributed by atoms with E-state index in [2.05, 4.69) is 15.9 Å². The molecule has 1 saturated heterocycles. The number of halogens is 1. The van der Waals surface area contributed by atoms with Gasteiger partial charge in [-0.25, -0.2) is 0 Å². The zero-order valence-electron chi connectivity index (χ0n) is 11.1. The van der Waals surface area contributed by atoms with E-state index in [1.807, 2.05) is 0 Å². The van der Waals surface area contributed by atoms with Gasteiger partial charge >= 0.3 is 0 Å². The topological polar surface area (TPSA) is 107 Å². The van der Waals surface area contributed by atoms with Crippen LogP contribution in [0.3, 0.4) is 0 Å². The van der Waals surface area contributed by atoms with Crippen LogP contribution in [-0.2, 0) is 4.79 Å². The Bertz CT molecular complexity index is 597. The minimum Gasteiger partial charge on any atom is -0.369 e. The molecule has 112 valence electrons. The van der Waals surface area contributed by atoms with Gasteiger partial charge in [0.1, 0.15) is 0 Å². The Morgan fingerprint density at radius 3 is 2.48 bits per heavy atom. The minimum absolute atomic E-state index is 0.145. The SMILES string of the molecule is NC(=O)C1CCN(C(=O)c2ccc(Br)c([N+](=O)[O-])c2)CC1. The van der Waals surface area contributed by atoms with Crippen LogP contribution in [0.25, 0.3) is 0 Å². The van der Waals surface area contributed by atoms with Gasteiger partial charge in [0.05, 0.1) is 9.40 Å². The molecule has 2 amide bonds. The monoisotopic (exact) mass is 355 g/mol. The molecule has 2 rings (SSSR count). The number of carbonyl (C=O) groups is 2. The molecule has 2 N–H and O–H groups in total. The van der Waals surface area contributed by atoms with Gasteiger partial charge in [-0.2, -0.15) is 0 Å². The lowest BCUT2D eigenvalue weighted by molar-refractivity contribution is -0.385. The molecular weight excluding hydrogens is 342 g/mol. The summed E-state index contributed by atoms with van der Waals surface area (Å²) in [5.74, 6) is -0.816. The van der Waals surface area contributed by atoms with Crippen molar-refractivity contribution in [2.45, 2.75) is 12.8 Å². The molecule has 7 nitrogen and oxygen atoms in total. The number of benzene rings is 1. The van der Waals surface area contributed by atoms with Gasteiger partial charge < -0.3 is 10.6 Å². The molecule has 1 fully saturated rings. The van der Waals surface area contributed by atoms with Crippen molar-refractivity contribution in [2.24, 2.45) is 11.7 Å². The van der Waals surface area contributed by atoms with Crippen molar-refractivity contribution < 1.29 is 14.5 Å². The van der Waals surface area contributed by atoms with Crippen molar-refractivity contribution in [3.63, 3.8) is 0 Å². The van der Waals surface area contributed by atoms with Gasteiger partial charge in [-0.05, 0) is 40.9 Å². The summed E-state index contributed by atoms with van der Waals surface area (Å²) in [6.45, 7) is 0.854. The molecule has 1 heterocycles. The first kappa shape index (κ1) is 15.4. The molecule has 0 aromatic heterocycles. The number of piperidine rings is 1. The lowest BCUT2D eigenvalue weighted by Gasteiger charge is -2.30. The van der Waals surface area contributed by atoms with Crippen LogP contribution in [0.1, 0.15) is 23.2 Å². The van der Waals surface area contributed by atoms with Crippen LogP contribution in [0.4, 0.5) is 5.69 Å². The maximum absolute atomic E-state index is 12.3. The van der Waals surface area contributed by atoms with Crippen molar-refractivity contribution >= 4 is 33.4 Å². The van der Waals surface area contributed by atoms with Crippen molar-refractivity contribution in [1.29, 1.82) is 0 Å². The van der Waals surface area contributed by atoms with Crippen molar-refractivity contribution in [1.82, 2.24) is 4.90 Å². The van der Waals surface area contributed by atoms with Gasteiger partial charge in [0.2, 0.25) is 5.91 Å². The quantitative estimate of drug-likeness (QED) is 0.657. The van der Waals surface area contributed by atoms with Gasteiger partial charge in [-0.3, -0.25) is 19.7 Å². The number of nitrogens with two attached hydrogens (primary N) is 1. The van der Waals surface area contributed by atoms with Crippen LogP contribution in [0.15, 0.2) is 22.7 Å². The largest absolute Gasteiger partial charge is 0.369 e. The van der Waals surface area contributed by atoms with E-state index >= 15 is 0 Å². The third-order valence-corrected chi connectivity index (χ3v) is 4.24. The van der Waals surface area contributed by atoms with E-state index < -0.39 is 4.92 Å². The number of hydrogen-bond donors (Lipinski definition) is 1. The number of likely N-dealkylation sites (tertiary alicyclic amines) is 1. The van der Waals surface area contributed by atoms with E-state index in [0.717, 1.165) is 0 Å². The minimum atomic E-state index is -0.541. The van der Waals surface area contributed by atoms with Crippen LogP contribution in [0.2, 0.25) is 0 Å². The predicted molar refractivity (Wildman–Crippen MR) is 78.6 cm³/mol. The summed E-state index contributed by atoms with van der Waals surface area (Å²) < 4.78 is 0.330. The zero-order valence-corrected chi connectivity index (χ0v) is 12.7. The molecule has 1 aromatic carbocycles. The number of hydrogen-bond acceptors (Lipinski definition) is 4. The van der Waals surface area contributed by atoms with E-state index in [0.29, 0.717) is 30.4 Å². The Morgan fingerprint density at radius 1 is 1.33 bits per heavy atom. The molecule has 21 heavy (non-hydrogen) atoms. The van der Waals surface area contributed by atoms with E-state index in [-0.39, 0.29) is 29.0 Å². The van der Waals surface area contributed by atoms with Crippen molar-refractivity contribution in [3.05, 3.63) is 38.3 Å². The summed E-state index contributed by atoms with van der Waals surface area (Å²) in [5.41, 5.74) is 5.37. The smallest absolute Gasteiger partial charge is 0.284 e. The normalized spacial score (nSPS) is 15.8. The number of nitro groups is 1. The lowest BCUT2D eigenvalue weighted by Crippen LogP contribution is -2.41. The summed E-state index contributed by atoms with van der Waals surface area (Å²) >= 11 is 3.08. The Labute approximate surface area is 129 Å². The second-order valence-electron chi connectivity index (χ2n) is 4.89. The Morgan fingerprint density at radius 2 is 1.95 bits per heavy atom. The van der Waals surface area contributed by atoms with E-state index in [1.54, 1.807) is 11.0 Å². The highest BCUT2D eigenvalue weighted by Gasteiger charge is 2.27. The second-order valence-corrected chi connectivity index (χ2v) is 5.75. The number of primary amides is 1. The average molecular weight is 356 g/mol. The summed E-state index contributed by atoms with van der Waals surface area (Å²) in [4.78, 5) is 35.4. The molecule has 0 unspecified atom stereocenters. The molecule has 0 radical (unpaired) electrons. The summed E-state index contributed by atoms with van der Waals surface area (Å²) in [7, 11) is 0. The summed E-state index contributed by atoms with van der Waals surface area (Å²) in [5, 5.41) is 10.9. The second kappa shape index (κ2) is 6.21. The number of amides is 2. The van der Waals surface area contributed by atoms with E-state index in [1.165, 1.54) is 12.1 Å². The molecule has 1 aromatic rings. The molecule has 1 aliphatic heterocycles. The third kappa shape index (κ3) is 3.38. The Hall–Kier alpha value is -1.96. The predicted octanol–water partition coefficient (Wildman–Crippen LogP) is 1.69. The molecule has 0 saturated carbocycles. The molecule has 8 heteroatoms. The molecule has 1 aliphatic rings. The lowest BCUT2D eigenvalue weighted by atomic mass is 9.96. The first-order valence-corrected chi connectivity index (χ1v) is 7.22. The highest BCUT2D eigenvalue weighted by molar-refractivity contribution is 9.10. The van der Waals surface area contributed by atoms with Crippen LogP contribution >= 0.6 is 15.9 Å². The fraction of sp³-hybridized carbons (Fsp3) is 0.385. The van der Waals surface area contributed by atoms with Gasteiger partial charge in [0, 0.05) is 30.6 Å². The number of nitro benzene ring substituents is 1. The molecule has 0 aliphatic carbocycles. The third-order valence-electron chi connectivity index (χ3n) is 3.57. The van der Waals surface area contributed by atoms with Crippen LogP contribution in [0, 0.1) is 16.0 Å². The van der Waals surface area contributed by atoms with Crippen LogP contribution in [-0.4, -0.2) is 34.7 Å². The highest BCUT2D eigenvalue weighted by atomic mass is 79.9. The maximum atomic E-state index is 12.3. The Kier molecular flexibility index (Phi) is 4.56. The van der Waals surface area contributed by atoms with Crippen LogP contribution in [0.5, 0.6) is 0 Å². The van der Waals surface area contributed by atoms with Crippen molar-refractivity contribution in [2.75, 3.05) is 13.1 Å². The van der Waals surface area contributed by atoms with E-state index in [9.17, 15) is 19.7 Å². The summed E-state index contributed by atoms with van der Waals surface area (Å²) in [6, 6.07) is 4.29. The molecule has 0 spiro atoms. The molecule has 0 atom stereocenters. The zero-order chi connectivity index (χ0) is 15.6. The van der Waals surface area contributed by atoms with Gasteiger partial charge in [-0.1, -0.05) is 0 Å². The average Bonchev–Trinajstić information content (AvgIpc) is 2.46. The van der Waals surface area contributed by atoms with E-state index in [4.69, 9.17) is 5.73 Å². The van der Waals surface area contributed by atoms with Gasteiger partial charge in [0.15, 0.2) is 0 Å². The standard InChI is InChI=1S/C13H14BrN3O4/c14-10-2-1-9(7-11(10)17(20)21)13(19)16-5-3-8(4-6-16)12(15)18/h1-2,7-8H,3-6H2,(H2,15,18). The van der Waals surface area contributed by atoms with Gasteiger partial charge in [0.25, 0.3) is 11.6 Å². The first-order valence-electron chi connectivity index (χ1n) is 6.42. The van der Waals surface area contributed by atoms with Crippen molar-refractivity contribution in [3.8, 4) is 0 Å². The fourth-order valence-corrected chi connectivity index (χ4v) is 2.73. The number of carbonyl (C=O) groups excluding carboxylic acids is 2.